The molecule has 4 rings (SSSR count). The van der Waals surface area contributed by atoms with Gasteiger partial charge in [0.05, 0.1) is 16.9 Å². The van der Waals surface area contributed by atoms with Crippen molar-refractivity contribution in [3.63, 3.8) is 0 Å². The zero-order valence-electron chi connectivity index (χ0n) is 19.5. The first-order valence-electron chi connectivity index (χ1n) is 11.2. The number of sulfonamides is 1. The molecule has 2 amide bonds. The maximum atomic E-state index is 12.9. The van der Waals surface area contributed by atoms with Gasteiger partial charge in [-0.3, -0.25) is 13.9 Å². The fraction of sp³-hybridized carbons (Fsp3) is 0.111. The van der Waals surface area contributed by atoms with Crippen molar-refractivity contribution in [2.75, 3.05) is 23.2 Å². The van der Waals surface area contributed by atoms with Crippen LogP contribution in [0, 0.1) is 0 Å². The molecule has 0 radical (unpaired) electrons. The highest BCUT2D eigenvalue weighted by Gasteiger charge is 2.22. The summed E-state index contributed by atoms with van der Waals surface area (Å²) in [5.74, 6) is -0.688. The normalized spacial score (nSPS) is 11.0. The van der Waals surface area contributed by atoms with Gasteiger partial charge >= 0.3 is 0 Å². The Morgan fingerprint density at radius 1 is 0.833 bits per heavy atom. The standard InChI is InChI=1S/C27H25N3O4S2/c1-30(36(33,34)25-12-7-19-35-25)22-15-13-21(14-16-22)26(31)29-24-11-6-5-10-23(24)27(32)28-18-17-20-8-3-2-4-9-20/h2-16,19H,17-18H2,1H3,(H,28,32)(H,29,31). The van der Waals surface area contributed by atoms with E-state index in [2.05, 4.69) is 10.6 Å². The van der Waals surface area contributed by atoms with Gasteiger partial charge in [-0.15, -0.1) is 11.3 Å². The van der Waals surface area contributed by atoms with Crippen molar-refractivity contribution in [3.05, 3.63) is 113 Å². The van der Waals surface area contributed by atoms with Gasteiger partial charge in [-0.25, -0.2) is 8.42 Å². The van der Waals surface area contributed by atoms with Crippen molar-refractivity contribution < 1.29 is 18.0 Å². The van der Waals surface area contributed by atoms with Crippen LogP contribution in [0.2, 0.25) is 0 Å². The van der Waals surface area contributed by atoms with Crippen LogP contribution >= 0.6 is 11.3 Å². The molecule has 2 N–H and O–H groups in total. The van der Waals surface area contributed by atoms with E-state index in [0.717, 1.165) is 16.9 Å². The Kier molecular flexibility index (Phi) is 7.82. The number of carbonyl (C=O) groups excluding carboxylic acids is 2. The lowest BCUT2D eigenvalue weighted by molar-refractivity contribution is 0.0955. The first-order valence-corrected chi connectivity index (χ1v) is 13.5. The summed E-state index contributed by atoms with van der Waals surface area (Å²) in [7, 11) is -2.20. The molecule has 9 heteroatoms. The summed E-state index contributed by atoms with van der Waals surface area (Å²) in [5, 5.41) is 7.39. The Balaban J connectivity index is 1.41. The average molecular weight is 520 g/mol. The van der Waals surface area contributed by atoms with E-state index < -0.39 is 15.9 Å². The van der Waals surface area contributed by atoms with E-state index in [1.807, 2.05) is 30.3 Å². The maximum absolute atomic E-state index is 12.9. The number of benzene rings is 3. The first kappa shape index (κ1) is 25.2. The summed E-state index contributed by atoms with van der Waals surface area (Å²) < 4.78 is 26.9. The van der Waals surface area contributed by atoms with Gasteiger partial charge in [-0.05, 0) is 59.8 Å². The first-order chi connectivity index (χ1) is 17.4. The topological polar surface area (TPSA) is 95.6 Å². The zero-order valence-corrected chi connectivity index (χ0v) is 21.2. The number of hydrogen-bond donors (Lipinski definition) is 2. The Morgan fingerprint density at radius 3 is 2.22 bits per heavy atom. The van der Waals surface area contributed by atoms with Crippen LogP contribution in [0.1, 0.15) is 26.3 Å². The van der Waals surface area contributed by atoms with Crippen LogP contribution in [-0.4, -0.2) is 33.8 Å². The molecule has 0 aliphatic carbocycles. The third kappa shape index (κ3) is 5.81. The SMILES string of the molecule is CN(c1ccc(C(=O)Nc2ccccc2C(=O)NCCc2ccccc2)cc1)S(=O)(=O)c1cccs1. The summed E-state index contributed by atoms with van der Waals surface area (Å²) in [6, 6.07) is 26.1. The predicted molar refractivity (Wildman–Crippen MR) is 143 cm³/mol. The molecule has 0 saturated carbocycles. The molecule has 1 aromatic heterocycles. The molecule has 0 aliphatic heterocycles. The number of amides is 2. The molecule has 1 heterocycles. The van der Waals surface area contributed by atoms with Crippen LogP contribution in [0.25, 0.3) is 0 Å². The van der Waals surface area contributed by atoms with Crippen molar-refractivity contribution in [1.82, 2.24) is 5.32 Å². The summed E-state index contributed by atoms with van der Waals surface area (Å²) in [6.45, 7) is 0.467. The Bertz CT molecular complexity index is 1440. The molecule has 184 valence electrons. The van der Waals surface area contributed by atoms with Gasteiger partial charge in [0.15, 0.2) is 0 Å². The molecule has 0 saturated heterocycles. The minimum absolute atomic E-state index is 0.241. The molecule has 4 aromatic rings. The van der Waals surface area contributed by atoms with Crippen LogP contribution in [0.4, 0.5) is 11.4 Å². The number of thiophene rings is 1. The molecule has 0 unspecified atom stereocenters. The van der Waals surface area contributed by atoms with Gasteiger partial charge in [0, 0.05) is 19.2 Å². The third-order valence-corrected chi connectivity index (χ3v) is 8.72. The van der Waals surface area contributed by atoms with Crippen molar-refractivity contribution in [3.8, 4) is 0 Å². The second-order valence-electron chi connectivity index (χ2n) is 7.94. The van der Waals surface area contributed by atoms with Crippen molar-refractivity contribution in [2.24, 2.45) is 0 Å². The molecule has 0 fully saturated rings. The van der Waals surface area contributed by atoms with Gasteiger partial charge in [-0.2, -0.15) is 0 Å². The molecule has 0 bridgehead atoms. The molecule has 3 aromatic carbocycles. The van der Waals surface area contributed by atoms with E-state index in [1.54, 1.807) is 66.0 Å². The van der Waals surface area contributed by atoms with E-state index in [1.165, 1.54) is 11.4 Å². The van der Waals surface area contributed by atoms with Gasteiger partial charge in [0.1, 0.15) is 4.21 Å². The number of nitrogens with zero attached hydrogens (tertiary/aromatic N) is 1. The van der Waals surface area contributed by atoms with E-state index in [-0.39, 0.29) is 10.1 Å². The minimum Gasteiger partial charge on any atom is -0.352 e. The monoisotopic (exact) mass is 519 g/mol. The number of para-hydroxylation sites is 1. The van der Waals surface area contributed by atoms with Crippen LogP contribution < -0.4 is 14.9 Å². The fourth-order valence-corrected chi connectivity index (χ4v) is 5.91. The summed E-state index contributed by atoms with van der Waals surface area (Å²) in [5.41, 5.74) is 2.63. The Hall–Kier alpha value is -3.95. The number of nitrogens with one attached hydrogen (secondary N) is 2. The van der Waals surface area contributed by atoms with Gasteiger partial charge in [0.25, 0.3) is 21.8 Å². The molecule has 0 spiro atoms. The van der Waals surface area contributed by atoms with Crippen molar-refractivity contribution in [2.45, 2.75) is 10.6 Å². The van der Waals surface area contributed by atoms with Crippen LogP contribution in [0.15, 0.2) is 101 Å². The number of carbonyl (C=O) groups is 2. The second-order valence-corrected chi connectivity index (χ2v) is 11.1. The minimum atomic E-state index is -3.66. The lowest BCUT2D eigenvalue weighted by Gasteiger charge is -2.18. The van der Waals surface area contributed by atoms with Crippen LogP contribution in [0.3, 0.4) is 0 Å². The lowest BCUT2D eigenvalue weighted by atomic mass is 10.1. The summed E-state index contributed by atoms with van der Waals surface area (Å²) in [6.07, 6.45) is 0.699. The quantitative estimate of drug-likeness (QED) is 0.332. The van der Waals surface area contributed by atoms with Crippen molar-refractivity contribution >= 4 is 44.5 Å². The largest absolute Gasteiger partial charge is 0.352 e. The lowest BCUT2D eigenvalue weighted by Crippen LogP contribution is -2.27. The van der Waals surface area contributed by atoms with E-state index in [9.17, 15) is 18.0 Å². The molecule has 7 nitrogen and oxygen atoms in total. The van der Waals surface area contributed by atoms with Crippen molar-refractivity contribution in [1.29, 1.82) is 0 Å². The van der Waals surface area contributed by atoms with Gasteiger partial charge < -0.3 is 10.6 Å². The molecular weight excluding hydrogens is 494 g/mol. The van der Waals surface area contributed by atoms with Crippen LogP contribution in [0.5, 0.6) is 0 Å². The van der Waals surface area contributed by atoms with E-state index in [0.29, 0.717) is 35.5 Å². The van der Waals surface area contributed by atoms with Crippen LogP contribution in [-0.2, 0) is 16.4 Å². The number of anilines is 2. The highest BCUT2D eigenvalue weighted by Crippen LogP contribution is 2.25. The van der Waals surface area contributed by atoms with Gasteiger partial charge in [-0.1, -0.05) is 48.5 Å². The van der Waals surface area contributed by atoms with E-state index >= 15 is 0 Å². The molecule has 0 atom stereocenters. The maximum Gasteiger partial charge on any atom is 0.273 e. The summed E-state index contributed by atoms with van der Waals surface area (Å²) in [4.78, 5) is 25.6. The molecule has 36 heavy (non-hydrogen) atoms. The Labute approximate surface area is 214 Å². The zero-order chi connectivity index (χ0) is 25.5. The van der Waals surface area contributed by atoms with E-state index in [4.69, 9.17) is 0 Å². The smallest absolute Gasteiger partial charge is 0.273 e. The number of rotatable bonds is 9. The Morgan fingerprint density at radius 2 is 1.53 bits per heavy atom. The third-order valence-electron chi connectivity index (χ3n) is 5.56. The number of hydrogen-bond acceptors (Lipinski definition) is 5. The van der Waals surface area contributed by atoms with Gasteiger partial charge in [0.2, 0.25) is 0 Å². The second kappa shape index (κ2) is 11.2. The highest BCUT2D eigenvalue weighted by molar-refractivity contribution is 7.94. The molecular formula is C27H25N3O4S2. The summed E-state index contributed by atoms with van der Waals surface area (Å²) >= 11 is 1.14. The highest BCUT2D eigenvalue weighted by atomic mass is 32.2. The fourth-order valence-electron chi connectivity index (χ4n) is 3.55. The molecule has 0 aliphatic rings. The predicted octanol–water partition coefficient (Wildman–Crippen LogP) is 4.80. The average Bonchev–Trinajstić information content (AvgIpc) is 3.45.